The molecular formula is C14H23NO2. The number of phenolic OH excluding ortho intramolecular Hbond substituents is 1. The summed E-state index contributed by atoms with van der Waals surface area (Å²) >= 11 is 0. The standard InChI is InChI=1S/C14H23NO2/c1-14(2,11-15-7-8-17-3)10-12-5-4-6-13(16)9-12/h4-6,9,15-16H,7-8,10-11H2,1-3H3. The molecule has 0 unspecified atom stereocenters. The molecule has 0 heterocycles. The van der Waals surface area contributed by atoms with Gasteiger partial charge in [0.15, 0.2) is 0 Å². The normalized spacial score (nSPS) is 11.7. The molecule has 0 fully saturated rings. The van der Waals surface area contributed by atoms with Crippen LogP contribution in [0.25, 0.3) is 0 Å². The third-order valence-corrected chi connectivity index (χ3v) is 2.68. The fourth-order valence-electron chi connectivity index (χ4n) is 1.88. The van der Waals surface area contributed by atoms with Gasteiger partial charge in [-0.1, -0.05) is 26.0 Å². The molecule has 3 heteroatoms. The Morgan fingerprint density at radius 1 is 1.35 bits per heavy atom. The molecule has 0 aliphatic carbocycles. The Balaban J connectivity index is 2.42. The lowest BCUT2D eigenvalue weighted by Gasteiger charge is -2.25. The maximum atomic E-state index is 9.42. The van der Waals surface area contributed by atoms with Gasteiger partial charge in [-0.05, 0) is 29.5 Å². The Morgan fingerprint density at radius 2 is 2.12 bits per heavy atom. The summed E-state index contributed by atoms with van der Waals surface area (Å²) in [6.07, 6.45) is 0.946. The summed E-state index contributed by atoms with van der Waals surface area (Å²) in [7, 11) is 1.71. The van der Waals surface area contributed by atoms with E-state index in [1.165, 1.54) is 5.56 Å². The van der Waals surface area contributed by atoms with Gasteiger partial charge in [0.2, 0.25) is 0 Å². The van der Waals surface area contributed by atoms with Gasteiger partial charge >= 0.3 is 0 Å². The van der Waals surface area contributed by atoms with Crippen LogP contribution in [-0.4, -0.2) is 31.9 Å². The van der Waals surface area contributed by atoms with E-state index in [1.807, 2.05) is 12.1 Å². The minimum atomic E-state index is 0.168. The van der Waals surface area contributed by atoms with Gasteiger partial charge < -0.3 is 15.2 Å². The molecule has 0 aliphatic rings. The minimum Gasteiger partial charge on any atom is -0.508 e. The van der Waals surface area contributed by atoms with Crippen molar-refractivity contribution >= 4 is 0 Å². The highest BCUT2D eigenvalue weighted by atomic mass is 16.5. The Morgan fingerprint density at radius 3 is 2.76 bits per heavy atom. The number of ether oxygens (including phenoxy) is 1. The van der Waals surface area contributed by atoms with Crippen LogP contribution >= 0.6 is 0 Å². The van der Waals surface area contributed by atoms with E-state index in [-0.39, 0.29) is 5.41 Å². The fraction of sp³-hybridized carbons (Fsp3) is 0.571. The predicted molar refractivity (Wildman–Crippen MR) is 70.3 cm³/mol. The number of phenols is 1. The Labute approximate surface area is 104 Å². The maximum absolute atomic E-state index is 9.42. The van der Waals surface area contributed by atoms with Crippen LogP contribution in [0.2, 0.25) is 0 Å². The van der Waals surface area contributed by atoms with Crippen LogP contribution in [0, 0.1) is 5.41 Å². The van der Waals surface area contributed by atoms with Crippen LogP contribution in [0.3, 0.4) is 0 Å². The second kappa shape index (κ2) is 6.62. The number of methoxy groups -OCH3 is 1. The van der Waals surface area contributed by atoms with E-state index in [2.05, 4.69) is 25.2 Å². The Hall–Kier alpha value is -1.06. The summed E-state index contributed by atoms with van der Waals surface area (Å²) in [5, 5.41) is 12.8. The van der Waals surface area contributed by atoms with Crippen molar-refractivity contribution in [2.75, 3.05) is 26.8 Å². The molecule has 0 radical (unpaired) electrons. The molecule has 96 valence electrons. The third kappa shape index (κ3) is 5.71. The molecule has 0 atom stereocenters. The molecule has 17 heavy (non-hydrogen) atoms. The van der Waals surface area contributed by atoms with E-state index in [4.69, 9.17) is 4.74 Å². The number of hydrogen-bond acceptors (Lipinski definition) is 3. The molecule has 2 N–H and O–H groups in total. The molecule has 0 amide bonds. The zero-order valence-corrected chi connectivity index (χ0v) is 11.0. The number of nitrogens with one attached hydrogen (secondary N) is 1. The largest absolute Gasteiger partial charge is 0.508 e. The molecule has 0 bridgehead atoms. The van der Waals surface area contributed by atoms with Gasteiger partial charge in [0.1, 0.15) is 5.75 Å². The van der Waals surface area contributed by atoms with Crippen molar-refractivity contribution in [3.63, 3.8) is 0 Å². The lowest BCUT2D eigenvalue weighted by Crippen LogP contribution is -2.33. The molecule has 0 aromatic heterocycles. The monoisotopic (exact) mass is 237 g/mol. The third-order valence-electron chi connectivity index (χ3n) is 2.68. The van der Waals surface area contributed by atoms with E-state index >= 15 is 0 Å². The lowest BCUT2D eigenvalue weighted by molar-refractivity contribution is 0.194. The summed E-state index contributed by atoms with van der Waals surface area (Å²) in [5.41, 5.74) is 1.34. The van der Waals surface area contributed by atoms with Gasteiger partial charge in [0.05, 0.1) is 6.61 Å². The first kappa shape index (κ1) is 14.0. The van der Waals surface area contributed by atoms with Crippen molar-refractivity contribution < 1.29 is 9.84 Å². The second-order valence-corrected chi connectivity index (χ2v) is 5.18. The first-order valence-corrected chi connectivity index (χ1v) is 6.01. The summed E-state index contributed by atoms with van der Waals surface area (Å²) in [4.78, 5) is 0. The van der Waals surface area contributed by atoms with Crippen molar-refractivity contribution in [3.05, 3.63) is 29.8 Å². The van der Waals surface area contributed by atoms with Crippen molar-refractivity contribution in [2.45, 2.75) is 20.3 Å². The maximum Gasteiger partial charge on any atom is 0.115 e. The highest BCUT2D eigenvalue weighted by Crippen LogP contribution is 2.22. The Kier molecular flexibility index (Phi) is 5.45. The van der Waals surface area contributed by atoms with Crippen LogP contribution in [0.15, 0.2) is 24.3 Å². The molecule has 3 nitrogen and oxygen atoms in total. The van der Waals surface area contributed by atoms with Crippen molar-refractivity contribution in [1.82, 2.24) is 5.32 Å². The summed E-state index contributed by atoms with van der Waals surface area (Å²) < 4.78 is 5.00. The van der Waals surface area contributed by atoms with Crippen LogP contribution in [0.4, 0.5) is 0 Å². The topological polar surface area (TPSA) is 41.5 Å². The predicted octanol–water partition coefficient (Wildman–Crippen LogP) is 2.20. The van der Waals surface area contributed by atoms with E-state index in [0.717, 1.165) is 26.1 Å². The molecule has 1 aromatic carbocycles. The number of aromatic hydroxyl groups is 1. The highest BCUT2D eigenvalue weighted by Gasteiger charge is 2.18. The van der Waals surface area contributed by atoms with Gasteiger partial charge in [-0.3, -0.25) is 0 Å². The minimum absolute atomic E-state index is 0.168. The van der Waals surface area contributed by atoms with Gasteiger partial charge in [0, 0.05) is 20.2 Å². The number of rotatable bonds is 7. The fourth-order valence-corrected chi connectivity index (χ4v) is 1.88. The Bertz CT molecular complexity index is 337. The van der Waals surface area contributed by atoms with Crippen LogP contribution in [0.1, 0.15) is 19.4 Å². The van der Waals surface area contributed by atoms with E-state index in [0.29, 0.717) is 5.75 Å². The van der Waals surface area contributed by atoms with Crippen LogP contribution in [0.5, 0.6) is 5.75 Å². The van der Waals surface area contributed by atoms with E-state index in [9.17, 15) is 5.11 Å². The summed E-state index contributed by atoms with van der Waals surface area (Å²) in [6.45, 7) is 6.99. The lowest BCUT2D eigenvalue weighted by atomic mass is 9.85. The molecule has 0 aliphatic heterocycles. The number of hydrogen-bond donors (Lipinski definition) is 2. The first-order valence-electron chi connectivity index (χ1n) is 6.01. The number of benzene rings is 1. The van der Waals surface area contributed by atoms with E-state index < -0.39 is 0 Å². The van der Waals surface area contributed by atoms with Crippen LogP contribution in [-0.2, 0) is 11.2 Å². The SMILES string of the molecule is COCCNCC(C)(C)Cc1cccc(O)c1. The van der Waals surface area contributed by atoms with Crippen molar-refractivity contribution in [2.24, 2.45) is 5.41 Å². The summed E-state index contributed by atoms with van der Waals surface area (Å²) in [6, 6.07) is 7.47. The van der Waals surface area contributed by atoms with Gasteiger partial charge in [0.25, 0.3) is 0 Å². The molecule has 0 saturated heterocycles. The molecule has 1 aromatic rings. The zero-order valence-electron chi connectivity index (χ0n) is 11.0. The smallest absolute Gasteiger partial charge is 0.115 e. The van der Waals surface area contributed by atoms with Gasteiger partial charge in [-0.2, -0.15) is 0 Å². The second-order valence-electron chi connectivity index (χ2n) is 5.18. The zero-order chi connectivity index (χ0) is 12.7. The average Bonchev–Trinajstić information content (AvgIpc) is 2.24. The van der Waals surface area contributed by atoms with Gasteiger partial charge in [-0.25, -0.2) is 0 Å². The van der Waals surface area contributed by atoms with Gasteiger partial charge in [-0.15, -0.1) is 0 Å². The summed E-state index contributed by atoms with van der Waals surface area (Å²) in [5.74, 6) is 0.339. The molecular weight excluding hydrogens is 214 g/mol. The molecule has 0 saturated carbocycles. The average molecular weight is 237 g/mol. The van der Waals surface area contributed by atoms with Crippen molar-refractivity contribution in [1.29, 1.82) is 0 Å². The quantitative estimate of drug-likeness (QED) is 0.714. The molecule has 0 spiro atoms. The molecule has 1 rings (SSSR count). The first-order chi connectivity index (χ1) is 8.03. The van der Waals surface area contributed by atoms with Crippen molar-refractivity contribution in [3.8, 4) is 5.75 Å². The van der Waals surface area contributed by atoms with Crippen LogP contribution < -0.4 is 5.32 Å². The van der Waals surface area contributed by atoms with E-state index in [1.54, 1.807) is 13.2 Å². The highest BCUT2D eigenvalue weighted by molar-refractivity contribution is 5.27.